The van der Waals surface area contributed by atoms with Gasteiger partial charge in [0.1, 0.15) is 5.38 Å². The average molecular weight is 235 g/mol. The molecule has 1 rings (SSSR count). The van der Waals surface area contributed by atoms with E-state index in [1.807, 2.05) is 0 Å². The smallest absolute Gasteiger partial charge is 0.272 e. The molecular weight excluding hydrogens is 227 g/mol. The van der Waals surface area contributed by atoms with Gasteiger partial charge in [-0.25, -0.2) is 9.36 Å². The topological polar surface area (TPSA) is 71.9 Å². The lowest BCUT2D eigenvalue weighted by Crippen LogP contribution is -2.38. The first kappa shape index (κ1) is 11.6. The molecule has 0 saturated carbocycles. The van der Waals surface area contributed by atoms with E-state index in [4.69, 9.17) is 11.6 Å². The Labute approximate surface area is 88.5 Å². The number of carbonyl (C=O) groups excluding carboxylic acids is 1. The maximum atomic E-state index is 12.8. The first-order valence-corrected chi connectivity index (χ1v) is 4.60. The zero-order chi connectivity index (χ0) is 11.6. The summed E-state index contributed by atoms with van der Waals surface area (Å²) in [6, 6.07) is 0. The Morgan fingerprint density at radius 3 is 2.80 bits per heavy atom. The number of halogens is 2. The third-order valence-corrected chi connectivity index (χ3v) is 2.26. The number of alkyl halides is 1. The summed E-state index contributed by atoms with van der Waals surface area (Å²) in [5.74, 6) is -1.97. The Morgan fingerprint density at radius 1 is 1.67 bits per heavy atom. The van der Waals surface area contributed by atoms with Crippen molar-refractivity contribution in [1.29, 1.82) is 0 Å². The summed E-state index contributed by atoms with van der Waals surface area (Å²) in [7, 11) is 0. The van der Waals surface area contributed by atoms with Crippen LogP contribution in [-0.2, 0) is 0 Å². The van der Waals surface area contributed by atoms with Crippen molar-refractivity contribution in [2.75, 3.05) is 0 Å². The minimum atomic E-state index is -1.21. The first-order valence-electron chi connectivity index (χ1n) is 4.17. The highest BCUT2D eigenvalue weighted by molar-refractivity contribution is 6.30. The second-order valence-corrected chi connectivity index (χ2v) is 3.35. The molecule has 0 aliphatic heterocycles. The Bertz CT molecular complexity index is 493. The minimum absolute atomic E-state index is 0.299. The highest BCUT2D eigenvalue weighted by Crippen LogP contribution is 2.03. The van der Waals surface area contributed by atoms with E-state index in [1.165, 1.54) is 0 Å². The molecule has 0 fully saturated rings. The summed E-state index contributed by atoms with van der Waals surface area (Å²) in [6.07, 6.45) is 0.835. The standard InChI is InChI=1S/C8H8ClFN2O3/c1-2-4(9)7(14)12-3-5(10)6(13)11-8(12)15/h3-4H,2H2,1H3,(H,11,13,15). The summed E-state index contributed by atoms with van der Waals surface area (Å²) in [6.45, 7) is 1.64. The lowest BCUT2D eigenvalue weighted by molar-refractivity contribution is 0.0898. The Morgan fingerprint density at radius 2 is 2.27 bits per heavy atom. The molecule has 1 aromatic rings. The second-order valence-electron chi connectivity index (χ2n) is 2.82. The van der Waals surface area contributed by atoms with Crippen LogP contribution < -0.4 is 11.2 Å². The predicted molar refractivity (Wildman–Crippen MR) is 51.8 cm³/mol. The van der Waals surface area contributed by atoms with E-state index in [0.717, 1.165) is 0 Å². The molecule has 5 nitrogen and oxygen atoms in total. The lowest BCUT2D eigenvalue weighted by Gasteiger charge is -2.06. The van der Waals surface area contributed by atoms with Crippen LogP contribution in [0, 0.1) is 5.82 Å². The summed E-state index contributed by atoms with van der Waals surface area (Å²) < 4.78 is 13.2. The predicted octanol–water partition coefficient (Wildman–Crippen LogP) is 0.333. The molecule has 0 radical (unpaired) electrons. The molecule has 0 aliphatic carbocycles. The van der Waals surface area contributed by atoms with E-state index in [-0.39, 0.29) is 0 Å². The van der Waals surface area contributed by atoms with E-state index in [0.29, 0.717) is 17.2 Å². The summed E-state index contributed by atoms with van der Waals surface area (Å²) in [5.41, 5.74) is -2.16. The van der Waals surface area contributed by atoms with Gasteiger partial charge in [0.15, 0.2) is 0 Å². The molecule has 82 valence electrons. The SMILES string of the molecule is CCC(Cl)C(=O)n1cc(F)c(=O)[nH]c1=O. The van der Waals surface area contributed by atoms with Gasteiger partial charge in [0.05, 0.1) is 6.20 Å². The molecular formula is C8H8ClFN2O3. The van der Waals surface area contributed by atoms with Crippen LogP contribution in [0.1, 0.15) is 18.1 Å². The molecule has 1 aromatic heterocycles. The molecule has 1 heterocycles. The van der Waals surface area contributed by atoms with E-state index in [9.17, 15) is 18.8 Å². The molecule has 0 bridgehead atoms. The van der Waals surface area contributed by atoms with Crippen LogP contribution in [0.5, 0.6) is 0 Å². The highest BCUT2D eigenvalue weighted by Gasteiger charge is 2.17. The number of H-pyrrole nitrogens is 1. The molecule has 0 saturated heterocycles. The minimum Gasteiger partial charge on any atom is -0.272 e. The highest BCUT2D eigenvalue weighted by atomic mass is 35.5. The van der Waals surface area contributed by atoms with Gasteiger partial charge < -0.3 is 0 Å². The molecule has 1 atom stereocenters. The van der Waals surface area contributed by atoms with Crippen molar-refractivity contribution in [2.45, 2.75) is 18.7 Å². The number of hydrogen-bond acceptors (Lipinski definition) is 3. The van der Waals surface area contributed by atoms with Crippen molar-refractivity contribution in [3.05, 3.63) is 32.9 Å². The Kier molecular flexibility index (Phi) is 3.41. The zero-order valence-corrected chi connectivity index (χ0v) is 8.55. The van der Waals surface area contributed by atoms with Gasteiger partial charge in [-0.05, 0) is 6.42 Å². The Balaban J connectivity index is 3.27. The normalized spacial score (nSPS) is 12.5. The van der Waals surface area contributed by atoms with Gasteiger partial charge in [0.25, 0.3) is 11.5 Å². The fraction of sp³-hybridized carbons (Fsp3) is 0.375. The number of nitrogens with zero attached hydrogens (tertiary/aromatic N) is 1. The van der Waals surface area contributed by atoms with E-state index in [2.05, 4.69) is 0 Å². The lowest BCUT2D eigenvalue weighted by atomic mass is 10.3. The van der Waals surface area contributed by atoms with Gasteiger partial charge in [-0.15, -0.1) is 11.6 Å². The third-order valence-electron chi connectivity index (χ3n) is 1.76. The fourth-order valence-electron chi connectivity index (χ4n) is 0.937. The van der Waals surface area contributed by atoms with Gasteiger partial charge in [-0.3, -0.25) is 14.6 Å². The van der Waals surface area contributed by atoms with Crippen LogP contribution in [-0.4, -0.2) is 20.8 Å². The van der Waals surface area contributed by atoms with Crippen molar-refractivity contribution in [3.8, 4) is 0 Å². The molecule has 7 heteroatoms. The number of carbonyl (C=O) groups is 1. The number of aromatic nitrogens is 2. The maximum absolute atomic E-state index is 12.8. The molecule has 0 aromatic carbocycles. The van der Waals surface area contributed by atoms with Gasteiger partial charge in [-0.1, -0.05) is 6.92 Å². The van der Waals surface area contributed by atoms with Gasteiger partial charge >= 0.3 is 5.69 Å². The van der Waals surface area contributed by atoms with Crippen LogP contribution >= 0.6 is 11.6 Å². The van der Waals surface area contributed by atoms with Gasteiger partial charge in [0.2, 0.25) is 5.82 Å². The first-order chi connectivity index (χ1) is 6.97. The van der Waals surface area contributed by atoms with E-state index < -0.39 is 28.4 Å². The number of rotatable bonds is 2. The van der Waals surface area contributed by atoms with Crippen LogP contribution in [0.2, 0.25) is 0 Å². The number of aromatic amines is 1. The largest absolute Gasteiger partial charge is 0.335 e. The maximum Gasteiger partial charge on any atom is 0.335 e. The summed E-state index contributed by atoms with van der Waals surface area (Å²) in [5, 5.41) is -0.923. The van der Waals surface area contributed by atoms with Crippen LogP contribution in [0.25, 0.3) is 0 Å². The van der Waals surface area contributed by atoms with Crippen molar-refractivity contribution >= 4 is 17.5 Å². The molecule has 0 spiro atoms. The molecule has 1 unspecified atom stereocenters. The van der Waals surface area contributed by atoms with Crippen LogP contribution in [0.3, 0.4) is 0 Å². The quantitative estimate of drug-likeness (QED) is 0.750. The second kappa shape index (κ2) is 4.39. The molecule has 0 aliphatic rings. The van der Waals surface area contributed by atoms with Crippen molar-refractivity contribution in [2.24, 2.45) is 0 Å². The monoisotopic (exact) mass is 234 g/mol. The number of hydrogen-bond donors (Lipinski definition) is 1. The van der Waals surface area contributed by atoms with Crippen molar-refractivity contribution in [3.63, 3.8) is 0 Å². The van der Waals surface area contributed by atoms with Crippen LogP contribution in [0.4, 0.5) is 4.39 Å². The van der Waals surface area contributed by atoms with Gasteiger partial charge in [-0.2, -0.15) is 4.39 Å². The van der Waals surface area contributed by atoms with Crippen LogP contribution in [0.15, 0.2) is 15.8 Å². The fourth-order valence-corrected chi connectivity index (χ4v) is 1.04. The third kappa shape index (κ3) is 2.33. The molecule has 0 amide bonds. The summed E-state index contributed by atoms with van der Waals surface area (Å²) in [4.78, 5) is 34.8. The van der Waals surface area contributed by atoms with E-state index >= 15 is 0 Å². The zero-order valence-electron chi connectivity index (χ0n) is 7.79. The van der Waals surface area contributed by atoms with Crippen molar-refractivity contribution in [1.82, 2.24) is 9.55 Å². The number of nitrogens with one attached hydrogen (secondary N) is 1. The van der Waals surface area contributed by atoms with E-state index in [1.54, 1.807) is 11.9 Å². The summed E-state index contributed by atoms with van der Waals surface area (Å²) >= 11 is 5.59. The van der Waals surface area contributed by atoms with Crippen molar-refractivity contribution < 1.29 is 9.18 Å². The average Bonchev–Trinajstić information content (AvgIpc) is 2.21. The van der Waals surface area contributed by atoms with Gasteiger partial charge in [0, 0.05) is 0 Å². The molecule has 15 heavy (non-hydrogen) atoms. The Hall–Kier alpha value is -1.43. The molecule has 1 N–H and O–H groups in total.